The first-order valence-electron chi connectivity index (χ1n) is 4.61. The summed E-state index contributed by atoms with van der Waals surface area (Å²) in [5.74, 6) is -3.53. The Balaban J connectivity index is 3.90. The van der Waals surface area contributed by atoms with Crippen molar-refractivity contribution in [1.82, 2.24) is 0 Å². The van der Waals surface area contributed by atoms with Crippen LogP contribution in [0, 0.1) is 68.0 Å². The molecule has 1 rings (SSSR count). The maximum absolute atomic E-state index is 11.3. The van der Waals surface area contributed by atoms with Crippen LogP contribution >= 0.6 is 0 Å². The third-order valence-electron chi connectivity index (χ3n) is 2.54. The number of nitrogens with zero attached hydrogens (tertiary/aromatic N) is 6. The van der Waals surface area contributed by atoms with E-state index < -0.39 is 34.3 Å². The molecular formula is C11H2N6O2. The highest BCUT2D eigenvalue weighted by atomic mass is 16.4. The van der Waals surface area contributed by atoms with E-state index >= 15 is 0 Å². The van der Waals surface area contributed by atoms with Crippen LogP contribution in [0.2, 0.25) is 0 Å². The van der Waals surface area contributed by atoms with Crippen LogP contribution in [0.5, 0.6) is 0 Å². The maximum Gasteiger partial charge on any atom is 0.331 e. The van der Waals surface area contributed by atoms with Crippen molar-refractivity contribution in [3.8, 4) is 30.3 Å². The van der Waals surface area contributed by atoms with E-state index in [0.717, 1.165) is 0 Å². The molecule has 1 heterocycles. The molecule has 2 atom stereocenters. The van der Waals surface area contributed by atoms with E-state index in [1.165, 1.54) is 30.3 Å². The van der Waals surface area contributed by atoms with Gasteiger partial charge >= 0.3 is 5.97 Å². The summed E-state index contributed by atoms with van der Waals surface area (Å²) in [7, 11) is 0. The van der Waals surface area contributed by atoms with Crippen LogP contribution in [0.4, 0.5) is 0 Å². The standard InChI is InChI=1S/C11H2N6O2/c12-1-6-8(3-14)17-9(4-15)7(2-13)11(6,5-16)10(18)19/h6H,(H,18,19). The number of nitriles is 5. The highest BCUT2D eigenvalue weighted by molar-refractivity contribution is 6.08. The van der Waals surface area contributed by atoms with Gasteiger partial charge in [0.2, 0.25) is 5.41 Å². The first kappa shape index (κ1) is 13.4. The Labute approximate surface area is 107 Å². The zero-order chi connectivity index (χ0) is 14.6. The van der Waals surface area contributed by atoms with Gasteiger partial charge in [0.25, 0.3) is 0 Å². The Bertz CT molecular complexity index is 728. The molecule has 0 saturated heterocycles. The molecule has 0 aromatic carbocycles. The van der Waals surface area contributed by atoms with Crippen molar-refractivity contribution in [3.63, 3.8) is 0 Å². The van der Waals surface area contributed by atoms with Crippen LogP contribution in [-0.2, 0) is 4.79 Å². The zero-order valence-corrected chi connectivity index (χ0v) is 9.12. The number of rotatable bonds is 1. The summed E-state index contributed by atoms with van der Waals surface area (Å²) in [5.41, 5.74) is -4.56. The fourth-order valence-electron chi connectivity index (χ4n) is 1.65. The van der Waals surface area contributed by atoms with E-state index in [1.807, 2.05) is 0 Å². The third-order valence-corrected chi connectivity index (χ3v) is 2.54. The fourth-order valence-corrected chi connectivity index (χ4v) is 1.65. The summed E-state index contributed by atoms with van der Waals surface area (Å²) in [6, 6.07) is 7.20. The molecule has 1 N–H and O–H groups in total. The van der Waals surface area contributed by atoms with E-state index in [2.05, 4.69) is 4.99 Å². The fraction of sp³-hybridized carbons (Fsp3) is 0.182. The minimum atomic E-state index is -2.60. The summed E-state index contributed by atoms with van der Waals surface area (Å²) in [4.78, 5) is 14.8. The van der Waals surface area contributed by atoms with Gasteiger partial charge in [-0.15, -0.1) is 0 Å². The molecule has 2 unspecified atom stereocenters. The largest absolute Gasteiger partial charge is 0.480 e. The number of carboxylic acids is 1. The van der Waals surface area contributed by atoms with E-state index in [-0.39, 0.29) is 0 Å². The summed E-state index contributed by atoms with van der Waals surface area (Å²) < 4.78 is 0. The Morgan fingerprint density at radius 1 is 1.16 bits per heavy atom. The minimum Gasteiger partial charge on any atom is -0.480 e. The number of aliphatic carboxylic acids is 1. The van der Waals surface area contributed by atoms with Gasteiger partial charge in [-0.25, -0.2) is 4.99 Å². The van der Waals surface area contributed by atoms with E-state index in [1.54, 1.807) is 0 Å². The smallest absolute Gasteiger partial charge is 0.331 e. The van der Waals surface area contributed by atoms with Gasteiger partial charge in [0.1, 0.15) is 29.8 Å². The topological polar surface area (TPSA) is 169 Å². The molecule has 8 nitrogen and oxygen atoms in total. The number of carbonyl (C=O) groups is 1. The van der Waals surface area contributed by atoms with Crippen LogP contribution in [0.1, 0.15) is 0 Å². The monoisotopic (exact) mass is 250 g/mol. The minimum absolute atomic E-state index is 0.581. The predicted octanol–water partition coefficient (Wildman–Crippen LogP) is 0.000200. The van der Waals surface area contributed by atoms with Gasteiger partial charge < -0.3 is 5.11 Å². The van der Waals surface area contributed by atoms with Gasteiger partial charge in [0.15, 0.2) is 5.70 Å². The van der Waals surface area contributed by atoms with E-state index in [9.17, 15) is 9.90 Å². The summed E-state index contributed by atoms with van der Waals surface area (Å²) >= 11 is 0. The molecule has 0 saturated carbocycles. The van der Waals surface area contributed by atoms with Crippen molar-refractivity contribution >= 4 is 11.7 Å². The van der Waals surface area contributed by atoms with Gasteiger partial charge in [-0.1, -0.05) is 0 Å². The zero-order valence-electron chi connectivity index (χ0n) is 9.12. The number of hydrogen-bond acceptors (Lipinski definition) is 7. The molecule has 0 aromatic rings. The van der Waals surface area contributed by atoms with Gasteiger partial charge in [-0.2, -0.15) is 26.3 Å². The highest BCUT2D eigenvalue weighted by Crippen LogP contribution is 2.41. The summed E-state index contributed by atoms with van der Waals surface area (Å²) in [6.07, 6.45) is 0. The molecular weight excluding hydrogens is 248 g/mol. The van der Waals surface area contributed by atoms with Crippen LogP contribution in [0.3, 0.4) is 0 Å². The molecule has 19 heavy (non-hydrogen) atoms. The molecule has 0 amide bonds. The average molecular weight is 250 g/mol. The average Bonchev–Trinajstić information content (AvgIpc) is 2.43. The SMILES string of the molecule is N#CC1=NC(C#N)=C(C#N)C(C#N)(C(=O)O)C1C#N. The van der Waals surface area contributed by atoms with Crippen LogP contribution in [0.25, 0.3) is 0 Å². The second-order valence-corrected chi connectivity index (χ2v) is 3.34. The quantitative estimate of drug-likeness (QED) is 0.682. The van der Waals surface area contributed by atoms with Crippen molar-refractivity contribution in [3.05, 3.63) is 11.3 Å². The van der Waals surface area contributed by atoms with Crippen molar-refractivity contribution < 1.29 is 9.90 Å². The van der Waals surface area contributed by atoms with Crippen LogP contribution in [0.15, 0.2) is 16.3 Å². The molecule has 1 aliphatic rings. The van der Waals surface area contributed by atoms with Gasteiger partial charge in [-0.3, -0.25) is 4.79 Å². The summed E-state index contributed by atoms with van der Waals surface area (Å²) in [5, 5.41) is 53.8. The normalized spacial score (nSPS) is 24.8. The van der Waals surface area contributed by atoms with Gasteiger partial charge in [0, 0.05) is 0 Å². The van der Waals surface area contributed by atoms with Gasteiger partial charge in [0.05, 0.1) is 17.7 Å². The first-order valence-corrected chi connectivity index (χ1v) is 4.61. The number of carboxylic acid groups (broad SMARTS) is 1. The Morgan fingerprint density at radius 3 is 2.11 bits per heavy atom. The lowest BCUT2D eigenvalue weighted by atomic mass is 9.67. The van der Waals surface area contributed by atoms with Crippen molar-refractivity contribution in [2.45, 2.75) is 0 Å². The van der Waals surface area contributed by atoms with E-state index in [4.69, 9.17) is 26.3 Å². The Hall–Kier alpha value is -3.67. The molecule has 1 aliphatic heterocycles. The number of allylic oxidation sites excluding steroid dienone is 1. The van der Waals surface area contributed by atoms with E-state index in [0.29, 0.717) is 0 Å². The number of aliphatic imine (C=N–C) groups is 1. The molecule has 88 valence electrons. The molecule has 0 radical (unpaired) electrons. The Morgan fingerprint density at radius 2 is 1.79 bits per heavy atom. The third kappa shape index (κ3) is 1.56. The lowest BCUT2D eigenvalue weighted by Crippen LogP contribution is -2.44. The lowest BCUT2D eigenvalue weighted by molar-refractivity contribution is -0.144. The second kappa shape index (κ2) is 4.68. The molecule has 0 spiro atoms. The molecule has 8 heteroatoms. The van der Waals surface area contributed by atoms with Crippen molar-refractivity contribution in [1.29, 1.82) is 26.3 Å². The second-order valence-electron chi connectivity index (χ2n) is 3.34. The first-order chi connectivity index (χ1) is 9.03. The van der Waals surface area contributed by atoms with Crippen molar-refractivity contribution in [2.24, 2.45) is 16.3 Å². The van der Waals surface area contributed by atoms with Crippen LogP contribution < -0.4 is 0 Å². The molecule has 0 fully saturated rings. The van der Waals surface area contributed by atoms with Crippen LogP contribution in [-0.4, -0.2) is 16.8 Å². The maximum atomic E-state index is 11.3. The van der Waals surface area contributed by atoms with Gasteiger partial charge in [-0.05, 0) is 0 Å². The summed E-state index contributed by atoms with van der Waals surface area (Å²) in [6.45, 7) is 0. The lowest BCUT2D eigenvalue weighted by Gasteiger charge is -2.27. The number of hydrogen-bond donors (Lipinski definition) is 1. The predicted molar refractivity (Wildman–Crippen MR) is 56.1 cm³/mol. The Kier molecular flexibility index (Phi) is 3.30. The highest BCUT2D eigenvalue weighted by Gasteiger charge is 2.56. The van der Waals surface area contributed by atoms with Crippen molar-refractivity contribution in [2.75, 3.05) is 0 Å². The molecule has 0 aliphatic carbocycles. The molecule has 0 aromatic heterocycles. The molecule has 0 bridgehead atoms.